The zero-order chi connectivity index (χ0) is 13.1. The van der Waals surface area contributed by atoms with Crippen LogP contribution in [-0.4, -0.2) is 17.7 Å². The van der Waals surface area contributed by atoms with E-state index in [1.807, 2.05) is 39.0 Å². The molecule has 0 spiro atoms. The van der Waals surface area contributed by atoms with Gasteiger partial charge in [-0.25, -0.2) is 0 Å². The molecular weight excluding hydrogens is 214 g/mol. The second kappa shape index (κ2) is 5.13. The lowest BCUT2D eigenvalue weighted by molar-refractivity contribution is -0.128. The fraction of sp³-hybridized carbons (Fsp3) is 0.429. The molecule has 1 rings (SSSR count). The Hall–Kier alpha value is -1.64. The number of nitrogens with one attached hydrogen (secondary N) is 1. The summed E-state index contributed by atoms with van der Waals surface area (Å²) in [6.07, 6.45) is 0. The number of carbonyl (C=O) groups excluding carboxylic acids is 2. The number of amides is 1. The summed E-state index contributed by atoms with van der Waals surface area (Å²) in [7, 11) is 0. The predicted molar refractivity (Wildman–Crippen MR) is 67.8 cm³/mol. The molecule has 0 aliphatic heterocycles. The zero-order valence-electron chi connectivity index (χ0n) is 10.8. The third-order valence-electron chi connectivity index (χ3n) is 2.48. The molecule has 0 aliphatic rings. The van der Waals surface area contributed by atoms with Crippen LogP contribution in [-0.2, 0) is 4.79 Å². The topological polar surface area (TPSA) is 46.2 Å². The van der Waals surface area contributed by atoms with Crippen molar-refractivity contribution in [3.8, 4) is 0 Å². The highest BCUT2D eigenvalue weighted by molar-refractivity contribution is 6.01. The average molecular weight is 233 g/mol. The van der Waals surface area contributed by atoms with Crippen molar-refractivity contribution in [1.82, 2.24) is 5.32 Å². The van der Waals surface area contributed by atoms with Gasteiger partial charge in [0.15, 0.2) is 5.78 Å². The van der Waals surface area contributed by atoms with E-state index in [9.17, 15) is 9.59 Å². The van der Waals surface area contributed by atoms with E-state index in [1.165, 1.54) is 0 Å². The molecule has 0 saturated carbocycles. The Kier molecular flexibility index (Phi) is 4.05. The van der Waals surface area contributed by atoms with E-state index in [0.717, 1.165) is 0 Å². The van der Waals surface area contributed by atoms with Crippen molar-refractivity contribution in [1.29, 1.82) is 0 Å². The molecule has 0 radical (unpaired) electrons. The quantitative estimate of drug-likeness (QED) is 0.815. The Morgan fingerprint density at radius 2 is 1.65 bits per heavy atom. The maximum absolute atomic E-state index is 12.0. The van der Waals surface area contributed by atoms with Crippen LogP contribution in [0.15, 0.2) is 30.3 Å². The molecule has 0 fully saturated rings. The first kappa shape index (κ1) is 13.4. The summed E-state index contributed by atoms with van der Waals surface area (Å²) in [4.78, 5) is 23.7. The number of rotatable bonds is 3. The normalized spacial score (nSPS) is 12.9. The molecule has 3 nitrogen and oxygen atoms in total. The van der Waals surface area contributed by atoms with Crippen molar-refractivity contribution >= 4 is 11.7 Å². The number of Topliss-reactive ketones (excluding diaryl/α,β-unsaturated/α-hetero) is 1. The van der Waals surface area contributed by atoms with Crippen molar-refractivity contribution in [3.63, 3.8) is 0 Å². The van der Waals surface area contributed by atoms with Crippen LogP contribution in [0.1, 0.15) is 38.1 Å². The van der Waals surface area contributed by atoms with Gasteiger partial charge in [0, 0.05) is 11.0 Å². The molecule has 1 unspecified atom stereocenters. The Morgan fingerprint density at radius 3 is 2.12 bits per heavy atom. The molecule has 1 atom stereocenters. The lowest BCUT2D eigenvalue weighted by Crippen LogP contribution is -2.44. The minimum absolute atomic E-state index is 0.0665. The van der Waals surface area contributed by atoms with Crippen molar-refractivity contribution in [2.75, 3.05) is 0 Å². The van der Waals surface area contributed by atoms with E-state index < -0.39 is 11.5 Å². The van der Waals surface area contributed by atoms with Gasteiger partial charge in [0.05, 0.1) is 6.04 Å². The minimum atomic E-state index is -0.496. The molecular formula is C14H19NO2. The van der Waals surface area contributed by atoms with Crippen molar-refractivity contribution in [2.45, 2.75) is 33.7 Å². The maximum Gasteiger partial charge on any atom is 0.225 e. The fourth-order valence-electron chi connectivity index (χ4n) is 1.33. The lowest BCUT2D eigenvalue weighted by Gasteiger charge is -2.21. The van der Waals surface area contributed by atoms with Gasteiger partial charge in [-0.15, -0.1) is 0 Å². The van der Waals surface area contributed by atoms with E-state index in [1.54, 1.807) is 19.1 Å². The van der Waals surface area contributed by atoms with Crippen LogP contribution in [0.4, 0.5) is 0 Å². The average Bonchev–Trinajstić information content (AvgIpc) is 2.27. The first-order valence-corrected chi connectivity index (χ1v) is 5.72. The number of carbonyl (C=O) groups is 2. The standard InChI is InChI=1S/C14H19NO2/c1-10(15-13(17)14(2,3)4)12(16)11-8-6-5-7-9-11/h5-10H,1-4H3,(H,15,17). The smallest absolute Gasteiger partial charge is 0.225 e. The Morgan fingerprint density at radius 1 is 1.12 bits per heavy atom. The maximum atomic E-state index is 12.0. The van der Waals surface area contributed by atoms with Crippen LogP contribution >= 0.6 is 0 Å². The highest BCUT2D eigenvalue weighted by atomic mass is 16.2. The Bertz CT molecular complexity index is 404. The van der Waals surface area contributed by atoms with E-state index >= 15 is 0 Å². The third-order valence-corrected chi connectivity index (χ3v) is 2.48. The molecule has 0 bridgehead atoms. The summed E-state index contributed by atoms with van der Waals surface area (Å²) >= 11 is 0. The molecule has 1 N–H and O–H groups in total. The highest BCUT2D eigenvalue weighted by Crippen LogP contribution is 2.13. The van der Waals surface area contributed by atoms with Gasteiger partial charge in [0.1, 0.15) is 0 Å². The molecule has 3 heteroatoms. The second-order valence-electron chi connectivity index (χ2n) is 5.18. The molecule has 1 aromatic rings. The van der Waals surface area contributed by atoms with Crippen LogP contribution in [0, 0.1) is 5.41 Å². The molecule has 17 heavy (non-hydrogen) atoms. The fourth-order valence-corrected chi connectivity index (χ4v) is 1.33. The zero-order valence-corrected chi connectivity index (χ0v) is 10.8. The second-order valence-corrected chi connectivity index (χ2v) is 5.18. The van der Waals surface area contributed by atoms with E-state index in [0.29, 0.717) is 5.56 Å². The number of hydrogen-bond donors (Lipinski definition) is 1. The lowest BCUT2D eigenvalue weighted by atomic mass is 9.94. The summed E-state index contributed by atoms with van der Waals surface area (Å²) < 4.78 is 0. The number of hydrogen-bond acceptors (Lipinski definition) is 2. The summed E-state index contributed by atoms with van der Waals surface area (Å²) in [5.41, 5.74) is 0.139. The van der Waals surface area contributed by atoms with Crippen LogP contribution in [0.3, 0.4) is 0 Å². The monoisotopic (exact) mass is 233 g/mol. The van der Waals surface area contributed by atoms with Gasteiger partial charge in [-0.2, -0.15) is 0 Å². The van der Waals surface area contributed by atoms with Crippen molar-refractivity contribution < 1.29 is 9.59 Å². The summed E-state index contributed by atoms with van der Waals surface area (Å²) in [6.45, 7) is 7.17. The molecule has 92 valence electrons. The van der Waals surface area contributed by atoms with Gasteiger partial charge in [0.25, 0.3) is 0 Å². The Labute approximate surface area is 102 Å². The first-order chi connectivity index (χ1) is 7.82. The van der Waals surface area contributed by atoms with Crippen LogP contribution in [0.2, 0.25) is 0 Å². The summed E-state index contributed by atoms with van der Waals surface area (Å²) in [5.74, 6) is -0.183. The molecule has 0 aliphatic carbocycles. The molecule has 0 aromatic heterocycles. The first-order valence-electron chi connectivity index (χ1n) is 5.72. The van der Waals surface area contributed by atoms with Gasteiger partial charge < -0.3 is 5.32 Å². The van der Waals surface area contributed by atoms with Gasteiger partial charge in [-0.3, -0.25) is 9.59 Å². The van der Waals surface area contributed by atoms with Gasteiger partial charge in [-0.1, -0.05) is 51.1 Å². The van der Waals surface area contributed by atoms with E-state index in [2.05, 4.69) is 5.32 Å². The molecule has 0 saturated heterocycles. The van der Waals surface area contributed by atoms with Crippen LogP contribution < -0.4 is 5.32 Å². The SMILES string of the molecule is CC(NC(=O)C(C)(C)C)C(=O)c1ccccc1. The largest absolute Gasteiger partial charge is 0.346 e. The Balaban J connectivity index is 2.69. The van der Waals surface area contributed by atoms with Gasteiger partial charge in [0.2, 0.25) is 5.91 Å². The molecule has 0 heterocycles. The third kappa shape index (κ3) is 3.70. The summed E-state index contributed by atoms with van der Waals surface area (Å²) in [5, 5.41) is 2.73. The highest BCUT2D eigenvalue weighted by Gasteiger charge is 2.25. The van der Waals surface area contributed by atoms with Crippen LogP contribution in [0.5, 0.6) is 0 Å². The summed E-state index contributed by atoms with van der Waals surface area (Å²) in [6, 6.07) is 8.49. The number of ketones is 1. The van der Waals surface area contributed by atoms with Gasteiger partial charge >= 0.3 is 0 Å². The number of benzene rings is 1. The van der Waals surface area contributed by atoms with E-state index in [-0.39, 0.29) is 11.7 Å². The molecule has 1 aromatic carbocycles. The van der Waals surface area contributed by atoms with E-state index in [4.69, 9.17) is 0 Å². The van der Waals surface area contributed by atoms with Crippen LogP contribution in [0.25, 0.3) is 0 Å². The molecule has 1 amide bonds. The van der Waals surface area contributed by atoms with Crippen molar-refractivity contribution in [3.05, 3.63) is 35.9 Å². The minimum Gasteiger partial charge on any atom is -0.346 e. The van der Waals surface area contributed by atoms with Crippen molar-refractivity contribution in [2.24, 2.45) is 5.41 Å². The van der Waals surface area contributed by atoms with Gasteiger partial charge in [-0.05, 0) is 6.92 Å². The predicted octanol–water partition coefficient (Wildman–Crippen LogP) is 2.42.